The Balaban J connectivity index is 4.08. The van der Waals surface area contributed by atoms with Crippen molar-refractivity contribution in [3.63, 3.8) is 0 Å². The number of carbonyl (C=O) groups is 1. The maximum atomic E-state index is 11.4. The largest absolute Gasteiger partial charge is 0.465 e. The van der Waals surface area contributed by atoms with Gasteiger partial charge >= 0.3 is 5.97 Å². The van der Waals surface area contributed by atoms with E-state index in [-0.39, 0.29) is 24.0 Å². The van der Waals surface area contributed by atoms with E-state index in [1.807, 2.05) is 11.8 Å². The predicted molar refractivity (Wildman–Crippen MR) is 72.3 cm³/mol. The molecule has 0 aliphatic rings. The van der Waals surface area contributed by atoms with E-state index in [0.29, 0.717) is 19.6 Å². The van der Waals surface area contributed by atoms with Crippen molar-refractivity contribution in [1.29, 1.82) is 0 Å². The minimum Gasteiger partial charge on any atom is -0.465 e. The van der Waals surface area contributed by atoms with Crippen LogP contribution in [0, 0.1) is 0 Å². The lowest BCUT2D eigenvalue weighted by Crippen LogP contribution is -2.33. The van der Waals surface area contributed by atoms with Gasteiger partial charge in [-0.2, -0.15) is 0 Å². The van der Waals surface area contributed by atoms with Gasteiger partial charge in [-0.15, -0.1) is 0 Å². The molecule has 0 amide bonds. The summed E-state index contributed by atoms with van der Waals surface area (Å²) in [6.45, 7) is 7.47. The van der Waals surface area contributed by atoms with Crippen LogP contribution in [-0.2, 0) is 19.4 Å². The zero-order valence-corrected chi connectivity index (χ0v) is 12.5. The molecule has 0 unspecified atom stereocenters. The van der Waals surface area contributed by atoms with Gasteiger partial charge in [-0.1, -0.05) is 13.8 Å². The summed E-state index contributed by atoms with van der Waals surface area (Å²) >= 11 is 0. The minimum atomic E-state index is -2.91. The van der Waals surface area contributed by atoms with E-state index in [4.69, 9.17) is 4.74 Å². The van der Waals surface area contributed by atoms with Gasteiger partial charge in [-0.25, -0.2) is 8.42 Å². The number of rotatable bonds is 10. The van der Waals surface area contributed by atoms with Gasteiger partial charge < -0.3 is 4.74 Å². The van der Waals surface area contributed by atoms with E-state index in [2.05, 4.69) is 0 Å². The highest BCUT2D eigenvalue weighted by Gasteiger charge is 2.12. The Bertz CT molecular complexity index is 327. The Morgan fingerprint density at radius 2 is 1.83 bits per heavy atom. The highest BCUT2D eigenvalue weighted by atomic mass is 32.2. The van der Waals surface area contributed by atoms with Crippen molar-refractivity contribution in [2.45, 2.75) is 33.6 Å². The highest BCUT2D eigenvalue weighted by Crippen LogP contribution is 1.99. The van der Waals surface area contributed by atoms with Gasteiger partial charge in [0, 0.05) is 5.75 Å². The van der Waals surface area contributed by atoms with Gasteiger partial charge in [-0.3, -0.25) is 9.69 Å². The molecular formula is C12H25NO4S. The first-order valence-corrected chi connectivity index (χ1v) is 8.35. The van der Waals surface area contributed by atoms with Crippen LogP contribution in [0.2, 0.25) is 0 Å². The SMILES string of the molecule is CCCN(CCCS(=O)(=O)CC)CC(=O)OCC. The molecule has 5 nitrogen and oxygen atoms in total. The van der Waals surface area contributed by atoms with Crippen LogP contribution in [0.1, 0.15) is 33.6 Å². The van der Waals surface area contributed by atoms with Crippen LogP contribution < -0.4 is 0 Å². The summed E-state index contributed by atoms with van der Waals surface area (Å²) in [6.07, 6.45) is 1.50. The van der Waals surface area contributed by atoms with E-state index >= 15 is 0 Å². The fourth-order valence-electron chi connectivity index (χ4n) is 1.63. The first-order chi connectivity index (χ1) is 8.45. The maximum Gasteiger partial charge on any atom is 0.320 e. The highest BCUT2D eigenvalue weighted by molar-refractivity contribution is 7.91. The third-order valence-corrected chi connectivity index (χ3v) is 4.36. The zero-order chi connectivity index (χ0) is 14.0. The van der Waals surface area contributed by atoms with Crippen molar-refractivity contribution < 1.29 is 17.9 Å². The van der Waals surface area contributed by atoms with Gasteiger partial charge in [0.2, 0.25) is 0 Å². The molecule has 0 atom stereocenters. The van der Waals surface area contributed by atoms with Gasteiger partial charge in [0.15, 0.2) is 0 Å². The fraction of sp³-hybridized carbons (Fsp3) is 0.917. The van der Waals surface area contributed by atoms with Crippen LogP contribution in [0.3, 0.4) is 0 Å². The second kappa shape index (κ2) is 9.33. The third kappa shape index (κ3) is 8.47. The summed E-state index contributed by atoms with van der Waals surface area (Å²) in [4.78, 5) is 13.3. The Kier molecular flexibility index (Phi) is 9.01. The summed E-state index contributed by atoms with van der Waals surface area (Å²) in [5, 5.41) is 0. The minimum absolute atomic E-state index is 0.179. The molecule has 0 bridgehead atoms. The number of esters is 1. The Morgan fingerprint density at radius 1 is 1.17 bits per heavy atom. The molecule has 0 aromatic carbocycles. The fourth-order valence-corrected chi connectivity index (χ4v) is 2.49. The number of carbonyl (C=O) groups excluding carboxylic acids is 1. The summed E-state index contributed by atoms with van der Waals surface area (Å²) in [6, 6.07) is 0. The number of hydrogen-bond donors (Lipinski definition) is 0. The third-order valence-electron chi connectivity index (χ3n) is 2.57. The average Bonchev–Trinajstić information content (AvgIpc) is 2.29. The Hall–Kier alpha value is -0.620. The van der Waals surface area contributed by atoms with E-state index in [1.165, 1.54) is 0 Å². The van der Waals surface area contributed by atoms with Crippen LogP contribution >= 0.6 is 0 Å². The molecule has 18 heavy (non-hydrogen) atoms. The van der Waals surface area contributed by atoms with Crippen LogP contribution in [0.25, 0.3) is 0 Å². The number of ether oxygens (including phenoxy) is 1. The molecule has 6 heteroatoms. The van der Waals surface area contributed by atoms with Crippen LogP contribution in [0.15, 0.2) is 0 Å². The lowest BCUT2D eigenvalue weighted by Gasteiger charge is -2.20. The lowest BCUT2D eigenvalue weighted by atomic mass is 10.3. The smallest absolute Gasteiger partial charge is 0.320 e. The molecule has 0 N–H and O–H groups in total. The van der Waals surface area contributed by atoms with E-state index in [1.54, 1.807) is 13.8 Å². The van der Waals surface area contributed by atoms with Crippen molar-refractivity contribution in [1.82, 2.24) is 4.90 Å². The standard InChI is InChI=1S/C12H25NO4S/c1-4-8-13(11-12(14)17-5-2)9-7-10-18(15,16)6-3/h4-11H2,1-3H3. The number of hydrogen-bond acceptors (Lipinski definition) is 5. The van der Waals surface area contributed by atoms with Crippen molar-refractivity contribution in [2.75, 3.05) is 37.7 Å². The molecule has 0 fully saturated rings. The molecule has 0 saturated carbocycles. The molecule has 0 aliphatic carbocycles. The number of sulfone groups is 1. The van der Waals surface area contributed by atoms with Crippen molar-refractivity contribution in [3.05, 3.63) is 0 Å². The lowest BCUT2D eigenvalue weighted by molar-refractivity contribution is -0.144. The number of nitrogens with zero attached hydrogens (tertiary/aromatic N) is 1. The van der Waals surface area contributed by atoms with Crippen LogP contribution in [0.5, 0.6) is 0 Å². The molecule has 0 rings (SSSR count). The average molecular weight is 279 g/mol. The van der Waals surface area contributed by atoms with Crippen LogP contribution in [0.4, 0.5) is 0 Å². The summed E-state index contributed by atoms with van der Waals surface area (Å²) in [7, 11) is -2.91. The molecule has 0 saturated heterocycles. The Morgan fingerprint density at radius 3 is 2.33 bits per heavy atom. The van der Waals surface area contributed by atoms with E-state index in [0.717, 1.165) is 13.0 Å². The molecule has 0 heterocycles. The quantitative estimate of drug-likeness (QED) is 0.560. The monoisotopic (exact) mass is 279 g/mol. The van der Waals surface area contributed by atoms with Gasteiger partial charge in [0.25, 0.3) is 0 Å². The molecule has 0 radical (unpaired) electrons. The first kappa shape index (κ1) is 17.4. The molecule has 108 valence electrons. The molecule has 0 aromatic rings. The second-order valence-corrected chi connectivity index (χ2v) is 6.64. The van der Waals surface area contributed by atoms with E-state index in [9.17, 15) is 13.2 Å². The molecule has 0 aliphatic heterocycles. The summed E-state index contributed by atoms with van der Waals surface area (Å²) < 4.78 is 27.6. The van der Waals surface area contributed by atoms with Crippen molar-refractivity contribution in [2.24, 2.45) is 0 Å². The molecule has 0 aromatic heterocycles. The first-order valence-electron chi connectivity index (χ1n) is 6.53. The zero-order valence-electron chi connectivity index (χ0n) is 11.6. The normalized spacial score (nSPS) is 11.8. The van der Waals surface area contributed by atoms with Crippen molar-refractivity contribution in [3.8, 4) is 0 Å². The second-order valence-electron chi connectivity index (χ2n) is 4.17. The van der Waals surface area contributed by atoms with Crippen LogP contribution in [-0.4, -0.2) is 57.0 Å². The Labute approximate surface area is 110 Å². The van der Waals surface area contributed by atoms with Crippen molar-refractivity contribution >= 4 is 15.8 Å². The van der Waals surface area contributed by atoms with Gasteiger partial charge in [0.1, 0.15) is 9.84 Å². The van der Waals surface area contributed by atoms with Gasteiger partial charge in [0.05, 0.1) is 18.9 Å². The predicted octanol–water partition coefficient (Wildman–Crippen LogP) is 1.09. The topological polar surface area (TPSA) is 63.7 Å². The molecule has 0 spiro atoms. The maximum absolute atomic E-state index is 11.4. The van der Waals surface area contributed by atoms with E-state index < -0.39 is 9.84 Å². The summed E-state index contributed by atoms with van der Waals surface area (Å²) in [5.41, 5.74) is 0. The van der Waals surface area contributed by atoms with Gasteiger partial charge in [-0.05, 0) is 32.9 Å². The summed E-state index contributed by atoms with van der Waals surface area (Å²) in [5.74, 6) is 0.120. The molecular weight excluding hydrogens is 254 g/mol.